The molecule has 12 atom stereocenters. The Bertz CT molecular complexity index is 1230. The van der Waals surface area contributed by atoms with Gasteiger partial charge in [0.1, 0.15) is 0 Å². The second-order valence-electron chi connectivity index (χ2n) is 18.7. The van der Waals surface area contributed by atoms with E-state index in [4.69, 9.17) is 4.74 Å². The molecule has 266 valence electrons. The number of hydrogen-bond donors (Lipinski definition) is 1. The third kappa shape index (κ3) is 7.09. The zero-order chi connectivity index (χ0) is 34.4. The van der Waals surface area contributed by atoms with E-state index in [0.29, 0.717) is 22.7 Å². The predicted molar refractivity (Wildman–Crippen MR) is 201 cm³/mol. The van der Waals surface area contributed by atoms with Crippen molar-refractivity contribution >= 4 is 0 Å². The SMILES string of the molecule is C/C=C1\CCCC2(C)C1CCC2C(C)CC1C=C(C)C(C)(O)C1.C/C=C1\CCCC2(C)C1CCC2C(C)CC1C=C(C)C(C)(OC)C1. The molecule has 6 aliphatic carbocycles. The second-order valence-corrected chi connectivity index (χ2v) is 18.7. The number of allylic oxidation sites excluding steroid dienone is 6. The van der Waals surface area contributed by atoms with Gasteiger partial charge in [-0.25, -0.2) is 0 Å². The number of rotatable bonds is 7. The van der Waals surface area contributed by atoms with Crippen LogP contribution in [-0.4, -0.2) is 23.4 Å². The van der Waals surface area contributed by atoms with Crippen molar-refractivity contribution in [2.75, 3.05) is 7.11 Å². The molecule has 0 heterocycles. The van der Waals surface area contributed by atoms with Crippen LogP contribution in [0, 0.1) is 58.2 Å². The van der Waals surface area contributed by atoms with Crippen molar-refractivity contribution in [1.82, 2.24) is 0 Å². The Morgan fingerprint density at radius 2 is 1.19 bits per heavy atom. The molecule has 47 heavy (non-hydrogen) atoms. The molecule has 6 aliphatic rings. The molecule has 0 radical (unpaired) electrons. The summed E-state index contributed by atoms with van der Waals surface area (Å²) in [6.07, 6.45) is 28.4. The summed E-state index contributed by atoms with van der Waals surface area (Å²) in [5, 5.41) is 10.4. The Balaban J connectivity index is 0.000000185. The number of ether oxygens (including phenoxy) is 1. The van der Waals surface area contributed by atoms with Crippen molar-refractivity contribution < 1.29 is 9.84 Å². The molecule has 2 heteroatoms. The minimum absolute atomic E-state index is 0.0184. The first-order valence-electron chi connectivity index (χ1n) is 20.1. The highest BCUT2D eigenvalue weighted by Gasteiger charge is 2.52. The van der Waals surface area contributed by atoms with Gasteiger partial charge in [-0.15, -0.1) is 0 Å². The molecule has 12 unspecified atom stereocenters. The largest absolute Gasteiger partial charge is 0.386 e. The van der Waals surface area contributed by atoms with E-state index in [1.807, 2.05) is 14.0 Å². The van der Waals surface area contributed by atoms with Gasteiger partial charge in [-0.05, 0) is 201 Å². The average molecular weight is 647 g/mol. The zero-order valence-electron chi connectivity index (χ0n) is 32.7. The van der Waals surface area contributed by atoms with Crippen molar-refractivity contribution in [3.05, 3.63) is 46.6 Å². The van der Waals surface area contributed by atoms with Crippen LogP contribution >= 0.6 is 0 Å². The Morgan fingerprint density at radius 3 is 1.57 bits per heavy atom. The van der Waals surface area contributed by atoms with Gasteiger partial charge in [0.15, 0.2) is 0 Å². The average Bonchev–Trinajstić information content (AvgIpc) is 3.72. The van der Waals surface area contributed by atoms with Gasteiger partial charge in [-0.2, -0.15) is 0 Å². The Morgan fingerprint density at radius 1 is 0.745 bits per heavy atom. The molecule has 4 fully saturated rings. The summed E-state index contributed by atoms with van der Waals surface area (Å²) >= 11 is 0. The smallest absolute Gasteiger partial charge is 0.0862 e. The third-order valence-electron chi connectivity index (χ3n) is 16.0. The molecule has 0 aromatic heterocycles. The van der Waals surface area contributed by atoms with E-state index in [9.17, 15) is 5.11 Å². The maximum atomic E-state index is 10.4. The van der Waals surface area contributed by atoms with Crippen LogP contribution in [0.15, 0.2) is 46.6 Å². The Kier molecular flexibility index (Phi) is 11.3. The highest BCUT2D eigenvalue weighted by Crippen LogP contribution is 2.61. The lowest BCUT2D eigenvalue weighted by Gasteiger charge is -2.44. The topological polar surface area (TPSA) is 29.5 Å². The lowest BCUT2D eigenvalue weighted by Crippen LogP contribution is -2.36. The lowest BCUT2D eigenvalue weighted by atomic mass is 9.60. The summed E-state index contributed by atoms with van der Waals surface area (Å²) in [6, 6.07) is 0. The second kappa shape index (κ2) is 14.2. The summed E-state index contributed by atoms with van der Waals surface area (Å²) < 4.78 is 5.81. The fourth-order valence-electron chi connectivity index (χ4n) is 13.1. The van der Waals surface area contributed by atoms with E-state index in [1.54, 1.807) is 11.1 Å². The fourth-order valence-corrected chi connectivity index (χ4v) is 13.1. The highest BCUT2D eigenvalue weighted by molar-refractivity contribution is 5.24. The molecular formula is C45H74O2. The molecule has 0 aromatic carbocycles. The van der Waals surface area contributed by atoms with Crippen molar-refractivity contribution in [1.29, 1.82) is 0 Å². The fraction of sp³-hybridized carbons (Fsp3) is 0.822. The molecule has 1 N–H and O–H groups in total. The van der Waals surface area contributed by atoms with Crippen LogP contribution in [0.4, 0.5) is 0 Å². The summed E-state index contributed by atoms with van der Waals surface area (Å²) in [6.45, 7) is 23.3. The van der Waals surface area contributed by atoms with Gasteiger partial charge >= 0.3 is 0 Å². The van der Waals surface area contributed by atoms with E-state index >= 15 is 0 Å². The molecule has 4 saturated carbocycles. The van der Waals surface area contributed by atoms with Crippen molar-refractivity contribution in [2.45, 2.75) is 170 Å². The number of aliphatic hydroxyl groups is 1. The Hall–Kier alpha value is -1.12. The quantitative estimate of drug-likeness (QED) is 0.279. The first-order valence-corrected chi connectivity index (χ1v) is 20.1. The van der Waals surface area contributed by atoms with E-state index in [1.165, 1.54) is 94.6 Å². The van der Waals surface area contributed by atoms with Crippen molar-refractivity contribution in [2.24, 2.45) is 58.2 Å². The molecule has 0 saturated heterocycles. The normalized spacial score (nSPS) is 46.0. The van der Waals surface area contributed by atoms with Crippen LogP contribution in [0.3, 0.4) is 0 Å². The van der Waals surface area contributed by atoms with E-state index < -0.39 is 5.60 Å². The van der Waals surface area contributed by atoms with Gasteiger partial charge in [0.25, 0.3) is 0 Å². The molecule has 0 amide bonds. The van der Waals surface area contributed by atoms with Crippen LogP contribution in [0.5, 0.6) is 0 Å². The van der Waals surface area contributed by atoms with Crippen LogP contribution in [-0.2, 0) is 4.74 Å². The number of methoxy groups -OCH3 is 1. The zero-order valence-corrected chi connectivity index (χ0v) is 32.7. The number of hydrogen-bond acceptors (Lipinski definition) is 2. The van der Waals surface area contributed by atoms with Crippen molar-refractivity contribution in [3.63, 3.8) is 0 Å². The van der Waals surface area contributed by atoms with Crippen molar-refractivity contribution in [3.8, 4) is 0 Å². The minimum atomic E-state index is -0.560. The summed E-state index contributed by atoms with van der Waals surface area (Å²) in [7, 11) is 1.87. The highest BCUT2D eigenvalue weighted by atomic mass is 16.5. The van der Waals surface area contributed by atoms with Crippen LogP contribution in [0.2, 0.25) is 0 Å². The third-order valence-corrected chi connectivity index (χ3v) is 16.0. The summed E-state index contributed by atoms with van der Waals surface area (Å²) in [5.74, 6) is 6.35. The predicted octanol–water partition coefficient (Wildman–Crippen LogP) is 12.4. The van der Waals surface area contributed by atoms with Crippen LogP contribution in [0.25, 0.3) is 0 Å². The standard InChI is InChI=1S/C23H38O.C22H36O/c1-7-19-9-8-12-22(4)20(10-11-21(19)22)16(2)13-18-14-17(3)23(5,15-18)24-6;1-6-18-8-7-11-21(4)19(9-10-20(18)21)15(2)12-17-13-16(3)22(5,23)14-17/h7,14,16,18,20-21H,8-13,15H2,1-6H3;6,13,15,17,19-20,23H,7-12,14H2,1-5H3/b19-7+;18-6+. The molecular weight excluding hydrogens is 572 g/mol. The van der Waals surface area contributed by atoms with E-state index in [2.05, 4.69) is 86.6 Å². The lowest BCUT2D eigenvalue weighted by molar-refractivity contribution is 0.0276. The van der Waals surface area contributed by atoms with E-state index in [-0.39, 0.29) is 5.60 Å². The van der Waals surface area contributed by atoms with Gasteiger partial charge in [0, 0.05) is 7.11 Å². The maximum absolute atomic E-state index is 10.4. The van der Waals surface area contributed by atoms with Crippen LogP contribution in [0.1, 0.15) is 159 Å². The van der Waals surface area contributed by atoms with Crippen LogP contribution < -0.4 is 0 Å². The van der Waals surface area contributed by atoms with E-state index in [0.717, 1.165) is 41.9 Å². The minimum Gasteiger partial charge on any atom is -0.386 e. The summed E-state index contributed by atoms with van der Waals surface area (Å²) in [5.41, 5.74) is 6.63. The molecule has 0 bridgehead atoms. The van der Waals surface area contributed by atoms with Gasteiger partial charge in [-0.3, -0.25) is 0 Å². The van der Waals surface area contributed by atoms with Gasteiger partial charge in [-0.1, -0.05) is 63.1 Å². The molecule has 0 spiro atoms. The van der Waals surface area contributed by atoms with Gasteiger partial charge in [0.2, 0.25) is 0 Å². The van der Waals surface area contributed by atoms with Gasteiger partial charge < -0.3 is 9.84 Å². The summed E-state index contributed by atoms with van der Waals surface area (Å²) in [4.78, 5) is 0. The van der Waals surface area contributed by atoms with Gasteiger partial charge in [0.05, 0.1) is 11.2 Å². The first-order chi connectivity index (χ1) is 22.1. The molecule has 6 rings (SSSR count). The monoisotopic (exact) mass is 647 g/mol. The molecule has 2 nitrogen and oxygen atoms in total. The molecule has 0 aromatic rings. The first kappa shape index (κ1) is 37.1. The Labute approximate surface area is 291 Å². The number of fused-ring (bicyclic) bond motifs is 2. The molecule has 0 aliphatic heterocycles. The maximum Gasteiger partial charge on any atom is 0.0862 e.